The molecule has 1 N–H and O–H groups in total. The van der Waals surface area contributed by atoms with Crippen molar-refractivity contribution >= 4 is 52.6 Å². The van der Waals surface area contributed by atoms with E-state index in [0.29, 0.717) is 12.2 Å². The number of fused-ring (bicyclic) bond motifs is 1. The zero-order valence-electron chi connectivity index (χ0n) is 15.1. The summed E-state index contributed by atoms with van der Waals surface area (Å²) >= 11 is 3.72. The lowest BCUT2D eigenvalue weighted by Gasteiger charge is -2.49. The van der Waals surface area contributed by atoms with Gasteiger partial charge in [-0.25, -0.2) is 4.79 Å². The Hall–Kier alpha value is -2.01. The second-order valence-electron chi connectivity index (χ2n) is 6.03. The molecule has 2 amide bonds. The van der Waals surface area contributed by atoms with E-state index in [-0.39, 0.29) is 23.6 Å². The van der Waals surface area contributed by atoms with Gasteiger partial charge in [-0.05, 0) is 23.3 Å². The SMILES string of the molecule is COc1ccc(COC(=O)C2=C(/C=C/CI)CS[C@H]3[C@H](NC=O)C(=O)N23)cc1. The lowest BCUT2D eigenvalue weighted by Crippen LogP contribution is -2.69. The molecule has 0 spiro atoms. The molecule has 3 rings (SSSR count). The third-order valence-electron chi connectivity index (χ3n) is 4.38. The Morgan fingerprint density at radius 3 is 2.79 bits per heavy atom. The molecule has 2 atom stereocenters. The minimum Gasteiger partial charge on any atom is -0.497 e. The maximum absolute atomic E-state index is 12.8. The number of esters is 1. The van der Waals surface area contributed by atoms with Gasteiger partial charge in [-0.1, -0.05) is 46.9 Å². The standard InChI is InChI=1S/C19H19IN2O5S/c1-26-14-6-4-12(5-7-14)9-27-19(25)16-13(3-2-8-20)10-28-18-15(21-11-23)17(24)22(16)18/h2-7,11,15,18H,8-10H2,1H3,(H,21,23)/b3-2+/t15-,18+/m1/s1. The summed E-state index contributed by atoms with van der Waals surface area (Å²) in [6, 6.07) is 6.60. The van der Waals surface area contributed by atoms with Crippen LogP contribution in [0.2, 0.25) is 0 Å². The highest BCUT2D eigenvalue weighted by Gasteiger charge is 2.53. The predicted molar refractivity (Wildman–Crippen MR) is 114 cm³/mol. The van der Waals surface area contributed by atoms with Crippen molar-refractivity contribution in [1.82, 2.24) is 10.2 Å². The first-order valence-corrected chi connectivity index (χ1v) is 11.1. The van der Waals surface area contributed by atoms with Crippen LogP contribution in [-0.4, -0.2) is 51.9 Å². The first kappa shape index (κ1) is 20.7. The van der Waals surface area contributed by atoms with E-state index in [4.69, 9.17) is 9.47 Å². The molecule has 2 heterocycles. The minimum atomic E-state index is -0.609. The van der Waals surface area contributed by atoms with Crippen LogP contribution in [0.3, 0.4) is 0 Å². The zero-order valence-corrected chi connectivity index (χ0v) is 18.1. The summed E-state index contributed by atoms with van der Waals surface area (Å²) < 4.78 is 11.4. The number of benzene rings is 1. The summed E-state index contributed by atoms with van der Waals surface area (Å²) in [7, 11) is 1.58. The molecule has 1 saturated heterocycles. The number of methoxy groups -OCH3 is 1. The van der Waals surface area contributed by atoms with Crippen LogP contribution < -0.4 is 10.1 Å². The van der Waals surface area contributed by atoms with E-state index in [2.05, 4.69) is 27.9 Å². The Balaban J connectivity index is 1.78. The minimum absolute atomic E-state index is 0.0888. The summed E-state index contributed by atoms with van der Waals surface area (Å²) in [6.45, 7) is 0.0888. The highest BCUT2D eigenvalue weighted by Crippen LogP contribution is 2.41. The van der Waals surface area contributed by atoms with Crippen molar-refractivity contribution < 1.29 is 23.9 Å². The van der Waals surface area contributed by atoms with E-state index in [1.54, 1.807) is 19.2 Å². The molecular formula is C19H19IN2O5S. The lowest BCUT2D eigenvalue weighted by molar-refractivity contribution is -0.152. The van der Waals surface area contributed by atoms with Gasteiger partial charge in [0.15, 0.2) is 0 Å². The monoisotopic (exact) mass is 514 g/mol. The molecule has 2 aliphatic heterocycles. The van der Waals surface area contributed by atoms with Crippen LogP contribution in [-0.2, 0) is 25.7 Å². The van der Waals surface area contributed by atoms with E-state index in [1.807, 2.05) is 24.3 Å². The molecule has 28 heavy (non-hydrogen) atoms. The zero-order chi connectivity index (χ0) is 20.1. The fourth-order valence-corrected chi connectivity index (χ4v) is 4.56. The highest BCUT2D eigenvalue weighted by molar-refractivity contribution is 14.1. The molecule has 1 aromatic rings. The number of allylic oxidation sites excluding steroid dienone is 2. The topological polar surface area (TPSA) is 84.9 Å². The largest absolute Gasteiger partial charge is 0.497 e. The second-order valence-corrected chi connectivity index (χ2v) is 8.01. The second kappa shape index (κ2) is 9.46. The molecule has 1 fully saturated rings. The van der Waals surface area contributed by atoms with Crippen molar-refractivity contribution in [3.63, 3.8) is 0 Å². The van der Waals surface area contributed by atoms with Gasteiger partial charge in [0.2, 0.25) is 6.41 Å². The van der Waals surface area contributed by atoms with Gasteiger partial charge in [0.25, 0.3) is 5.91 Å². The number of ether oxygens (including phenoxy) is 2. The fourth-order valence-electron chi connectivity index (χ4n) is 2.98. The number of carbonyl (C=O) groups is 3. The van der Waals surface area contributed by atoms with Crippen molar-refractivity contribution in [3.05, 3.63) is 53.3 Å². The Labute approximate surface area is 180 Å². The molecule has 1 aromatic carbocycles. The van der Waals surface area contributed by atoms with Gasteiger partial charge in [-0.2, -0.15) is 0 Å². The molecule has 0 saturated carbocycles. The first-order valence-electron chi connectivity index (χ1n) is 8.50. The molecule has 0 bridgehead atoms. The average Bonchev–Trinajstić information content (AvgIpc) is 2.73. The van der Waals surface area contributed by atoms with Gasteiger partial charge in [0.05, 0.1) is 7.11 Å². The van der Waals surface area contributed by atoms with Crippen LogP contribution in [0.1, 0.15) is 5.56 Å². The number of hydrogen-bond donors (Lipinski definition) is 1. The smallest absolute Gasteiger partial charge is 0.355 e. The van der Waals surface area contributed by atoms with Crippen molar-refractivity contribution in [2.24, 2.45) is 0 Å². The number of alkyl halides is 1. The molecule has 0 aromatic heterocycles. The third-order valence-corrected chi connectivity index (χ3v) is 6.19. The number of nitrogens with one attached hydrogen (secondary N) is 1. The van der Waals surface area contributed by atoms with Crippen LogP contribution >= 0.6 is 34.4 Å². The number of nitrogens with zero attached hydrogens (tertiary/aromatic N) is 1. The molecule has 7 nitrogen and oxygen atoms in total. The van der Waals surface area contributed by atoms with Crippen LogP contribution in [0.25, 0.3) is 0 Å². The lowest BCUT2D eigenvalue weighted by atomic mass is 10.0. The number of rotatable bonds is 8. The summed E-state index contributed by atoms with van der Waals surface area (Å²) in [5.74, 6) is 0.426. The predicted octanol–water partition coefficient (Wildman–Crippen LogP) is 2.01. The van der Waals surface area contributed by atoms with Gasteiger partial charge in [-0.3, -0.25) is 14.5 Å². The van der Waals surface area contributed by atoms with Gasteiger partial charge in [-0.15, -0.1) is 11.8 Å². The molecule has 2 aliphatic rings. The van der Waals surface area contributed by atoms with Gasteiger partial charge >= 0.3 is 5.97 Å². The highest BCUT2D eigenvalue weighted by atomic mass is 127. The van der Waals surface area contributed by atoms with Crippen molar-refractivity contribution in [2.45, 2.75) is 18.0 Å². The van der Waals surface area contributed by atoms with E-state index >= 15 is 0 Å². The maximum Gasteiger partial charge on any atom is 0.355 e. The van der Waals surface area contributed by atoms with Crippen molar-refractivity contribution in [3.8, 4) is 5.75 Å². The third kappa shape index (κ3) is 4.19. The number of amides is 2. The Morgan fingerprint density at radius 2 is 2.14 bits per heavy atom. The van der Waals surface area contributed by atoms with E-state index in [9.17, 15) is 14.4 Å². The van der Waals surface area contributed by atoms with Gasteiger partial charge < -0.3 is 14.8 Å². The van der Waals surface area contributed by atoms with Gasteiger partial charge in [0.1, 0.15) is 29.5 Å². The number of carbonyl (C=O) groups excluding carboxylic acids is 3. The molecule has 9 heteroatoms. The molecule has 148 valence electrons. The normalized spacial score (nSPS) is 21.2. The molecule has 0 aliphatic carbocycles. The molecular weight excluding hydrogens is 495 g/mol. The summed E-state index contributed by atoms with van der Waals surface area (Å²) in [5.41, 5.74) is 1.82. The number of hydrogen-bond acceptors (Lipinski definition) is 6. The van der Waals surface area contributed by atoms with E-state index in [1.165, 1.54) is 16.7 Å². The number of thioether (sulfide) groups is 1. The van der Waals surface area contributed by atoms with Crippen LogP contribution in [0.5, 0.6) is 5.75 Å². The fraction of sp³-hybridized carbons (Fsp3) is 0.316. The average molecular weight is 514 g/mol. The summed E-state index contributed by atoms with van der Waals surface area (Å²) in [6.07, 6.45) is 4.30. The van der Waals surface area contributed by atoms with Crippen LogP contribution in [0.15, 0.2) is 47.7 Å². The van der Waals surface area contributed by atoms with E-state index in [0.717, 1.165) is 21.3 Å². The number of halogens is 1. The van der Waals surface area contributed by atoms with Gasteiger partial charge in [0, 0.05) is 10.2 Å². The van der Waals surface area contributed by atoms with E-state index < -0.39 is 12.0 Å². The van der Waals surface area contributed by atoms with Crippen LogP contribution in [0, 0.1) is 0 Å². The Kier molecular flexibility index (Phi) is 7.00. The molecule has 0 unspecified atom stereocenters. The molecule has 0 radical (unpaired) electrons. The first-order chi connectivity index (χ1) is 13.6. The number of β-lactam (4-membered cyclic amide) rings is 1. The summed E-state index contributed by atoms with van der Waals surface area (Å²) in [4.78, 5) is 37.5. The van der Waals surface area contributed by atoms with Crippen LogP contribution in [0.4, 0.5) is 0 Å². The Bertz CT molecular complexity index is 824. The van der Waals surface area contributed by atoms with Crippen molar-refractivity contribution in [1.29, 1.82) is 0 Å². The Morgan fingerprint density at radius 1 is 1.39 bits per heavy atom. The quantitative estimate of drug-likeness (QED) is 0.188. The summed E-state index contributed by atoms with van der Waals surface area (Å²) in [5, 5.41) is 2.23. The maximum atomic E-state index is 12.8. The van der Waals surface area contributed by atoms with Crippen molar-refractivity contribution in [2.75, 3.05) is 17.3 Å².